The van der Waals surface area contributed by atoms with E-state index in [1.54, 1.807) is 19.2 Å². The number of ether oxygens (including phenoxy) is 1. The highest BCUT2D eigenvalue weighted by Gasteiger charge is 2.17. The normalized spacial score (nSPS) is 12.8. The Morgan fingerprint density at radius 2 is 1.79 bits per heavy atom. The predicted octanol–water partition coefficient (Wildman–Crippen LogP) is 2.62. The van der Waals surface area contributed by atoms with Crippen LogP contribution in [0.4, 0.5) is 4.39 Å². The summed E-state index contributed by atoms with van der Waals surface area (Å²) in [4.78, 5) is 12.1. The van der Waals surface area contributed by atoms with Crippen LogP contribution in [0.3, 0.4) is 0 Å². The number of halogens is 2. The SMILES string of the molecule is COC(CNC(=O)[C@@H](N)Cc1ccccc1)c1ccc(F)cc1.Cl. The van der Waals surface area contributed by atoms with Gasteiger partial charge < -0.3 is 15.8 Å². The molecule has 0 spiro atoms. The molecular weight excluding hydrogens is 331 g/mol. The lowest BCUT2D eigenvalue weighted by molar-refractivity contribution is -0.122. The monoisotopic (exact) mass is 352 g/mol. The lowest BCUT2D eigenvalue weighted by atomic mass is 10.1. The van der Waals surface area contributed by atoms with Gasteiger partial charge in [-0.15, -0.1) is 12.4 Å². The lowest BCUT2D eigenvalue weighted by Crippen LogP contribution is -2.43. The first-order valence-electron chi connectivity index (χ1n) is 7.45. The van der Waals surface area contributed by atoms with Gasteiger partial charge in [-0.05, 0) is 29.7 Å². The van der Waals surface area contributed by atoms with Gasteiger partial charge in [-0.3, -0.25) is 4.79 Å². The van der Waals surface area contributed by atoms with E-state index in [0.29, 0.717) is 6.42 Å². The Labute approximate surface area is 147 Å². The first kappa shape index (κ1) is 20.1. The summed E-state index contributed by atoms with van der Waals surface area (Å²) < 4.78 is 18.3. The Balaban J connectivity index is 0.00000288. The quantitative estimate of drug-likeness (QED) is 0.805. The standard InChI is InChI=1S/C18H21FN2O2.ClH/c1-23-17(14-7-9-15(19)10-8-14)12-21-18(22)16(20)11-13-5-3-2-4-6-13;/h2-10,16-17H,11-12,20H2,1H3,(H,21,22);1H/t16-,17?;/m0./s1. The van der Waals surface area contributed by atoms with Gasteiger partial charge in [-0.2, -0.15) is 0 Å². The summed E-state index contributed by atoms with van der Waals surface area (Å²) in [5.41, 5.74) is 7.74. The maximum Gasteiger partial charge on any atom is 0.237 e. The number of hydrogen-bond acceptors (Lipinski definition) is 3. The van der Waals surface area contributed by atoms with Crippen molar-refractivity contribution in [2.75, 3.05) is 13.7 Å². The number of benzene rings is 2. The number of methoxy groups -OCH3 is 1. The van der Waals surface area contributed by atoms with Crippen LogP contribution in [0.2, 0.25) is 0 Å². The van der Waals surface area contributed by atoms with Crippen LogP contribution in [0.5, 0.6) is 0 Å². The van der Waals surface area contributed by atoms with E-state index in [1.165, 1.54) is 12.1 Å². The summed E-state index contributed by atoms with van der Waals surface area (Å²) in [7, 11) is 1.55. The first-order chi connectivity index (χ1) is 11.1. The zero-order valence-electron chi connectivity index (χ0n) is 13.4. The number of carbonyl (C=O) groups is 1. The van der Waals surface area contributed by atoms with Crippen molar-refractivity contribution in [2.45, 2.75) is 18.6 Å². The molecule has 0 aromatic heterocycles. The fourth-order valence-electron chi connectivity index (χ4n) is 2.30. The average molecular weight is 353 g/mol. The third kappa shape index (κ3) is 5.92. The predicted molar refractivity (Wildman–Crippen MR) is 94.5 cm³/mol. The molecule has 0 aliphatic rings. The van der Waals surface area contributed by atoms with Crippen LogP contribution >= 0.6 is 12.4 Å². The molecule has 0 heterocycles. The van der Waals surface area contributed by atoms with Crippen molar-refractivity contribution in [1.29, 1.82) is 0 Å². The van der Waals surface area contributed by atoms with Crippen LogP contribution < -0.4 is 11.1 Å². The lowest BCUT2D eigenvalue weighted by Gasteiger charge is -2.18. The minimum atomic E-state index is -0.622. The van der Waals surface area contributed by atoms with Gasteiger partial charge in [0.15, 0.2) is 0 Å². The minimum Gasteiger partial charge on any atom is -0.375 e. The van der Waals surface area contributed by atoms with Gasteiger partial charge in [0.05, 0.1) is 12.1 Å². The van der Waals surface area contributed by atoms with Crippen molar-refractivity contribution in [1.82, 2.24) is 5.32 Å². The van der Waals surface area contributed by atoms with E-state index in [1.807, 2.05) is 30.3 Å². The van der Waals surface area contributed by atoms with E-state index in [2.05, 4.69) is 5.32 Å². The third-order valence-electron chi connectivity index (χ3n) is 3.62. The summed E-state index contributed by atoms with van der Waals surface area (Å²) in [6.45, 7) is 0.281. The molecule has 130 valence electrons. The summed E-state index contributed by atoms with van der Waals surface area (Å²) in [5, 5.41) is 2.78. The topological polar surface area (TPSA) is 64.3 Å². The molecule has 0 bridgehead atoms. The first-order valence-corrected chi connectivity index (χ1v) is 7.45. The zero-order chi connectivity index (χ0) is 16.7. The molecule has 1 unspecified atom stereocenters. The molecule has 6 heteroatoms. The highest BCUT2D eigenvalue weighted by molar-refractivity contribution is 5.85. The smallest absolute Gasteiger partial charge is 0.237 e. The third-order valence-corrected chi connectivity index (χ3v) is 3.62. The van der Waals surface area contributed by atoms with Crippen LogP contribution in [0.15, 0.2) is 54.6 Å². The van der Waals surface area contributed by atoms with E-state index in [4.69, 9.17) is 10.5 Å². The summed E-state index contributed by atoms with van der Waals surface area (Å²) in [5.74, 6) is -0.546. The Morgan fingerprint density at radius 3 is 2.38 bits per heavy atom. The average Bonchev–Trinajstić information content (AvgIpc) is 2.57. The fraction of sp³-hybridized carbons (Fsp3) is 0.278. The van der Waals surface area contributed by atoms with E-state index in [-0.39, 0.29) is 36.8 Å². The molecule has 24 heavy (non-hydrogen) atoms. The van der Waals surface area contributed by atoms with E-state index >= 15 is 0 Å². The molecule has 0 radical (unpaired) electrons. The molecule has 2 atom stereocenters. The van der Waals surface area contributed by atoms with E-state index in [9.17, 15) is 9.18 Å². The van der Waals surface area contributed by atoms with Gasteiger partial charge in [-0.25, -0.2) is 4.39 Å². The van der Waals surface area contributed by atoms with Gasteiger partial charge in [-0.1, -0.05) is 42.5 Å². The molecule has 0 saturated carbocycles. The zero-order valence-corrected chi connectivity index (χ0v) is 14.3. The Morgan fingerprint density at radius 1 is 1.17 bits per heavy atom. The molecule has 1 amide bonds. The van der Waals surface area contributed by atoms with Gasteiger partial charge in [0, 0.05) is 13.7 Å². The van der Waals surface area contributed by atoms with Crippen LogP contribution in [-0.2, 0) is 16.0 Å². The van der Waals surface area contributed by atoms with Crippen LogP contribution in [0.25, 0.3) is 0 Å². The molecule has 0 aliphatic carbocycles. The van der Waals surface area contributed by atoms with Crippen LogP contribution in [0, 0.1) is 5.82 Å². The van der Waals surface area contributed by atoms with E-state index < -0.39 is 6.04 Å². The van der Waals surface area contributed by atoms with Gasteiger partial charge in [0.2, 0.25) is 5.91 Å². The molecule has 0 aliphatic heterocycles. The van der Waals surface area contributed by atoms with Crippen LogP contribution in [-0.4, -0.2) is 25.6 Å². The maximum atomic E-state index is 13.0. The Hall–Kier alpha value is -1.95. The van der Waals surface area contributed by atoms with Gasteiger partial charge >= 0.3 is 0 Å². The van der Waals surface area contributed by atoms with Crippen molar-refractivity contribution in [3.63, 3.8) is 0 Å². The van der Waals surface area contributed by atoms with Crippen molar-refractivity contribution in [3.8, 4) is 0 Å². The molecule has 0 fully saturated rings. The number of amides is 1. The number of carbonyl (C=O) groups excluding carboxylic acids is 1. The van der Waals surface area contributed by atoms with Crippen molar-refractivity contribution in [2.24, 2.45) is 5.73 Å². The molecule has 2 aromatic rings. The number of nitrogens with two attached hydrogens (primary N) is 1. The van der Waals surface area contributed by atoms with Crippen molar-refractivity contribution >= 4 is 18.3 Å². The molecule has 2 rings (SSSR count). The number of hydrogen-bond donors (Lipinski definition) is 2. The van der Waals surface area contributed by atoms with Gasteiger partial charge in [0.25, 0.3) is 0 Å². The number of nitrogens with one attached hydrogen (secondary N) is 1. The second-order valence-corrected chi connectivity index (χ2v) is 5.32. The Kier molecular flexibility index (Phi) is 8.40. The molecular formula is C18H22ClFN2O2. The molecule has 3 N–H and O–H groups in total. The largest absolute Gasteiger partial charge is 0.375 e. The highest BCUT2D eigenvalue weighted by Crippen LogP contribution is 2.16. The molecule has 2 aromatic carbocycles. The van der Waals surface area contributed by atoms with Crippen molar-refractivity contribution < 1.29 is 13.9 Å². The second-order valence-electron chi connectivity index (χ2n) is 5.32. The summed E-state index contributed by atoms with van der Waals surface area (Å²) >= 11 is 0. The maximum absolute atomic E-state index is 13.0. The fourth-order valence-corrected chi connectivity index (χ4v) is 2.30. The highest BCUT2D eigenvalue weighted by atomic mass is 35.5. The number of rotatable bonds is 7. The van der Waals surface area contributed by atoms with E-state index in [0.717, 1.165) is 11.1 Å². The van der Waals surface area contributed by atoms with Crippen molar-refractivity contribution in [3.05, 3.63) is 71.5 Å². The summed E-state index contributed by atoms with van der Waals surface area (Å²) in [6.07, 6.45) is 0.129. The minimum absolute atomic E-state index is 0. The molecule has 4 nitrogen and oxygen atoms in total. The second kappa shape index (κ2) is 10.0. The van der Waals surface area contributed by atoms with Gasteiger partial charge in [0.1, 0.15) is 5.82 Å². The summed E-state index contributed by atoms with van der Waals surface area (Å²) in [6, 6.07) is 15.0. The Bertz CT molecular complexity index is 623. The van der Waals surface area contributed by atoms with Crippen LogP contribution in [0.1, 0.15) is 17.2 Å². The molecule has 0 saturated heterocycles.